The SMILES string of the molecule is O=S(=O)([O-])c1ccc(OC(F)(F)C(F)(F)C(F)(F)C(F)(F)C(F)(F)/C(F)=C(\F)C(F)(F)C(F)(F)C(F)(F)F)cc1.[Na+]. The molecular weight excluding hydrogens is 672 g/mol. The molecule has 0 aliphatic heterocycles. The van der Waals surface area contributed by atoms with E-state index in [0.717, 1.165) is 0 Å². The van der Waals surface area contributed by atoms with Crippen LogP contribution in [0.25, 0.3) is 0 Å². The molecule has 0 heterocycles. The van der Waals surface area contributed by atoms with Gasteiger partial charge in [-0.3, -0.25) is 0 Å². The molecule has 1 rings (SSSR count). The Balaban J connectivity index is 0.0000160. The molecule has 4 nitrogen and oxygen atoms in total. The largest absolute Gasteiger partial charge is 1.00 e. The normalized spacial score (nSPS) is 15.7. The van der Waals surface area contributed by atoms with Crippen molar-refractivity contribution >= 4 is 10.1 Å². The fourth-order valence-corrected chi connectivity index (χ4v) is 2.66. The van der Waals surface area contributed by atoms with Crippen molar-refractivity contribution in [3.63, 3.8) is 0 Å². The standard InChI is InChI=1S/C16H5F19O4S.Na/c17-7(8(18)10(21,22)12(25,26)15(31,32)33)9(19,20)11(23,24)13(27,28)14(29,30)16(34,35)39-5-1-3-6(4-2-5)40(36,37)38;/h1-4H,(H,36,37,38);/q;+1/p-1/b8-7+;. The first-order chi connectivity index (χ1) is 17.2. The predicted molar refractivity (Wildman–Crippen MR) is 85.0 cm³/mol. The molecule has 0 saturated carbocycles. The summed E-state index contributed by atoms with van der Waals surface area (Å²) in [5.41, 5.74) is 0. The Kier molecular flexibility index (Phi) is 10.7. The fourth-order valence-electron chi connectivity index (χ4n) is 2.19. The van der Waals surface area contributed by atoms with Gasteiger partial charge in [-0.1, -0.05) is 0 Å². The monoisotopic (exact) mass is 676 g/mol. The zero-order chi connectivity index (χ0) is 32.3. The summed E-state index contributed by atoms with van der Waals surface area (Å²) in [4.78, 5) is -1.32. The van der Waals surface area contributed by atoms with Crippen LogP contribution in [-0.2, 0) is 10.1 Å². The number of halogens is 19. The van der Waals surface area contributed by atoms with E-state index in [1.54, 1.807) is 0 Å². The minimum atomic E-state index is -8.54. The second kappa shape index (κ2) is 11.1. The maximum Gasteiger partial charge on any atom is 1.00 e. The summed E-state index contributed by atoms with van der Waals surface area (Å²) in [7, 11) is -5.37. The number of benzene rings is 1. The van der Waals surface area contributed by atoms with Crippen molar-refractivity contribution < 1.29 is 131 Å². The van der Waals surface area contributed by atoms with Gasteiger partial charge in [0.1, 0.15) is 15.9 Å². The van der Waals surface area contributed by atoms with E-state index in [4.69, 9.17) is 0 Å². The zero-order valence-electron chi connectivity index (χ0n) is 18.5. The van der Waals surface area contributed by atoms with Crippen molar-refractivity contribution in [2.45, 2.75) is 52.7 Å². The van der Waals surface area contributed by atoms with Gasteiger partial charge in [0.15, 0.2) is 0 Å². The summed E-state index contributed by atoms with van der Waals surface area (Å²) in [6.45, 7) is 0. The van der Waals surface area contributed by atoms with Gasteiger partial charge in [0.25, 0.3) is 0 Å². The van der Waals surface area contributed by atoms with Crippen LogP contribution >= 0.6 is 0 Å². The first kappa shape index (κ1) is 39.3. The maximum absolute atomic E-state index is 13.8. The second-order valence-corrected chi connectivity index (χ2v) is 8.50. The van der Waals surface area contributed by atoms with Crippen molar-refractivity contribution in [1.82, 2.24) is 0 Å². The van der Waals surface area contributed by atoms with Crippen LogP contribution in [0.3, 0.4) is 0 Å². The van der Waals surface area contributed by atoms with Crippen LogP contribution in [0.5, 0.6) is 5.75 Å². The van der Waals surface area contributed by atoms with E-state index in [0.29, 0.717) is 0 Å². The van der Waals surface area contributed by atoms with Crippen molar-refractivity contribution in [3.8, 4) is 5.75 Å². The van der Waals surface area contributed by atoms with Crippen molar-refractivity contribution in [3.05, 3.63) is 35.9 Å². The molecule has 25 heteroatoms. The summed E-state index contributed by atoms with van der Waals surface area (Å²) < 4.78 is 286. The van der Waals surface area contributed by atoms with E-state index < -0.39 is 80.2 Å². The molecule has 0 fully saturated rings. The van der Waals surface area contributed by atoms with E-state index >= 15 is 0 Å². The molecule has 0 N–H and O–H groups in total. The molecule has 0 aromatic heterocycles. The Labute approximate surface area is 235 Å². The van der Waals surface area contributed by atoms with E-state index in [1.165, 1.54) is 0 Å². The van der Waals surface area contributed by atoms with Gasteiger partial charge in [-0.25, -0.2) is 17.2 Å². The van der Waals surface area contributed by atoms with Crippen LogP contribution in [-0.4, -0.2) is 60.8 Å². The predicted octanol–water partition coefficient (Wildman–Crippen LogP) is 4.09. The Hall–Kier alpha value is -1.66. The van der Waals surface area contributed by atoms with E-state index in [-0.39, 0.29) is 53.8 Å². The number of hydrogen-bond acceptors (Lipinski definition) is 4. The van der Waals surface area contributed by atoms with Crippen LogP contribution in [0, 0.1) is 0 Å². The van der Waals surface area contributed by atoms with Crippen LogP contribution in [0.2, 0.25) is 0 Å². The molecule has 0 saturated heterocycles. The molecule has 232 valence electrons. The quantitative estimate of drug-likeness (QED) is 0.213. The van der Waals surface area contributed by atoms with E-state index in [9.17, 15) is 96.4 Å². The molecule has 0 atom stereocenters. The summed E-state index contributed by atoms with van der Waals surface area (Å²) in [5, 5.41) is 0. The minimum Gasteiger partial charge on any atom is -0.744 e. The number of hydrogen-bond donors (Lipinski definition) is 0. The van der Waals surface area contributed by atoms with Gasteiger partial charge in [0.2, 0.25) is 11.7 Å². The first-order valence-corrected chi connectivity index (χ1v) is 10.2. The third kappa shape index (κ3) is 6.34. The molecule has 0 bridgehead atoms. The molecule has 1 aromatic rings. The van der Waals surface area contributed by atoms with Gasteiger partial charge in [-0.2, -0.15) is 74.6 Å². The summed E-state index contributed by atoms with van der Waals surface area (Å²) in [6, 6.07) is -0.403. The molecule has 0 unspecified atom stereocenters. The van der Waals surface area contributed by atoms with E-state index in [2.05, 4.69) is 4.74 Å². The van der Waals surface area contributed by atoms with Crippen molar-refractivity contribution in [2.75, 3.05) is 0 Å². The average Bonchev–Trinajstić information content (AvgIpc) is 2.75. The van der Waals surface area contributed by atoms with Gasteiger partial charge in [-0.15, -0.1) is 0 Å². The van der Waals surface area contributed by atoms with Gasteiger partial charge >= 0.3 is 77.4 Å². The first-order valence-electron chi connectivity index (χ1n) is 8.77. The van der Waals surface area contributed by atoms with Crippen molar-refractivity contribution in [2.24, 2.45) is 0 Å². The third-order valence-corrected chi connectivity index (χ3v) is 5.25. The van der Waals surface area contributed by atoms with Gasteiger partial charge < -0.3 is 9.29 Å². The number of alkyl halides is 17. The molecule has 0 radical (unpaired) electrons. The number of rotatable bonds is 10. The number of ether oxygens (including phenoxy) is 1. The smallest absolute Gasteiger partial charge is 0.744 e. The minimum absolute atomic E-state index is 0. The molecule has 1 aromatic carbocycles. The maximum atomic E-state index is 13.8. The van der Waals surface area contributed by atoms with Gasteiger partial charge in [-0.05, 0) is 24.3 Å². The Morgan fingerprint density at radius 2 is 0.927 bits per heavy atom. The number of allylic oxidation sites excluding steroid dienone is 2. The molecule has 0 spiro atoms. The Bertz CT molecular complexity index is 1240. The molecule has 41 heavy (non-hydrogen) atoms. The summed E-state index contributed by atoms with van der Waals surface area (Å²) in [6.07, 6.45) is -14.8. The van der Waals surface area contributed by atoms with Crippen LogP contribution in [0.4, 0.5) is 83.4 Å². The summed E-state index contributed by atoms with van der Waals surface area (Å²) in [5.74, 6) is -62.1. The van der Waals surface area contributed by atoms with Crippen LogP contribution < -0.4 is 34.3 Å². The average molecular weight is 676 g/mol. The third-order valence-electron chi connectivity index (χ3n) is 4.40. The second-order valence-electron chi connectivity index (χ2n) is 7.12. The summed E-state index contributed by atoms with van der Waals surface area (Å²) >= 11 is 0. The van der Waals surface area contributed by atoms with Gasteiger partial charge in [0, 0.05) is 0 Å². The Morgan fingerprint density at radius 3 is 1.24 bits per heavy atom. The molecule has 0 aliphatic rings. The molecule has 0 aliphatic carbocycles. The zero-order valence-corrected chi connectivity index (χ0v) is 21.3. The van der Waals surface area contributed by atoms with E-state index in [1.807, 2.05) is 0 Å². The fraction of sp³-hybridized carbons (Fsp3) is 0.500. The Morgan fingerprint density at radius 1 is 0.585 bits per heavy atom. The van der Waals surface area contributed by atoms with Crippen LogP contribution in [0.1, 0.15) is 0 Å². The van der Waals surface area contributed by atoms with Gasteiger partial charge in [0.05, 0.1) is 4.90 Å². The van der Waals surface area contributed by atoms with Crippen molar-refractivity contribution in [1.29, 1.82) is 0 Å². The topological polar surface area (TPSA) is 66.4 Å². The van der Waals surface area contributed by atoms with Crippen LogP contribution in [0.15, 0.2) is 40.8 Å². The molecule has 0 amide bonds. The molecular formula is C16H4F19NaO4S.